The van der Waals surface area contributed by atoms with Crippen molar-refractivity contribution in [2.75, 3.05) is 7.11 Å². The second-order valence-electron chi connectivity index (χ2n) is 5.79. The zero-order valence-electron chi connectivity index (χ0n) is 12.8. The number of nitrogens with zero attached hydrogens (tertiary/aromatic N) is 3. The molecule has 114 valence electrons. The number of hydrogen-bond acceptors (Lipinski definition) is 7. The Balaban J connectivity index is 2.17. The van der Waals surface area contributed by atoms with Crippen molar-refractivity contribution in [3.05, 3.63) is 34.2 Å². The van der Waals surface area contributed by atoms with Crippen LogP contribution < -0.4 is 16.0 Å². The standard InChI is InChI=1S/C14H21N5OS/c1-14(2,3)11-7-21-13(18-11)6-10(19-15)9-5-12(20-4)17-8-16-9/h5,7-8,10,19H,6,15H2,1-4H3. The quantitative estimate of drug-likeness (QED) is 0.649. The van der Waals surface area contributed by atoms with Gasteiger partial charge >= 0.3 is 0 Å². The number of thiazole rings is 1. The van der Waals surface area contributed by atoms with E-state index in [1.807, 2.05) is 0 Å². The van der Waals surface area contributed by atoms with Crippen LogP contribution >= 0.6 is 11.3 Å². The van der Waals surface area contributed by atoms with Crippen LogP contribution in [-0.2, 0) is 11.8 Å². The van der Waals surface area contributed by atoms with Gasteiger partial charge in [-0.05, 0) is 0 Å². The zero-order valence-corrected chi connectivity index (χ0v) is 13.6. The molecule has 1 atom stereocenters. The molecule has 0 aliphatic heterocycles. The fraction of sp³-hybridized carbons (Fsp3) is 0.500. The molecule has 0 radical (unpaired) electrons. The van der Waals surface area contributed by atoms with Crippen molar-refractivity contribution in [2.24, 2.45) is 5.84 Å². The highest BCUT2D eigenvalue weighted by Crippen LogP contribution is 2.26. The van der Waals surface area contributed by atoms with E-state index in [2.05, 4.69) is 46.5 Å². The molecule has 0 saturated heterocycles. The maximum Gasteiger partial charge on any atom is 0.216 e. The molecule has 1 unspecified atom stereocenters. The van der Waals surface area contributed by atoms with Gasteiger partial charge in [-0.3, -0.25) is 11.3 Å². The minimum atomic E-state index is -0.124. The second-order valence-corrected chi connectivity index (χ2v) is 6.73. The molecule has 0 bridgehead atoms. The first-order valence-corrected chi connectivity index (χ1v) is 7.59. The molecular weight excluding hydrogens is 286 g/mol. The van der Waals surface area contributed by atoms with Crippen molar-refractivity contribution in [1.29, 1.82) is 0 Å². The number of nitrogens with two attached hydrogens (primary N) is 1. The fourth-order valence-corrected chi connectivity index (χ4v) is 2.90. The molecule has 21 heavy (non-hydrogen) atoms. The average molecular weight is 307 g/mol. The van der Waals surface area contributed by atoms with Crippen molar-refractivity contribution in [3.63, 3.8) is 0 Å². The highest BCUT2D eigenvalue weighted by molar-refractivity contribution is 7.09. The van der Waals surface area contributed by atoms with Gasteiger partial charge < -0.3 is 4.74 Å². The molecular formula is C14H21N5OS. The number of hydrogen-bond donors (Lipinski definition) is 2. The smallest absolute Gasteiger partial charge is 0.216 e. The van der Waals surface area contributed by atoms with Crippen molar-refractivity contribution in [1.82, 2.24) is 20.4 Å². The third kappa shape index (κ3) is 3.96. The van der Waals surface area contributed by atoms with E-state index in [1.165, 1.54) is 6.33 Å². The summed E-state index contributed by atoms with van der Waals surface area (Å²) in [4.78, 5) is 12.9. The molecule has 0 saturated carbocycles. The van der Waals surface area contributed by atoms with Crippen molar-refractivity contribution >= 4 is 11.3 Å². The lowest BCUT2D eigenvalue weighted by Crippen LogP contribution is -2.30. The van der Waals surface area contributed by atoms with E-state index >= 15 is 0 Å². The van der Waals surface area contributed by atoms with E-state index in [0.29, 0.717) is 12.3 Å². The van der Waals surface area contributed by atoms with Gasteiger partial charge in [-0.25, -0.2) is 15.0 Å². The van der Waals surface area contributed by atoms with Gasteiger partial charge in [0.2, 0.25) is 5.88 Å². The van der Waals surface area contributed by atoms with E-state index in [0.717, 1.165) is 16.4 Å². The molecule has 6 nitrogen and oxygen atoms in total. The van der Waals surface area contributed by atoms with Crippen LogP contribution in [0.4, 0.5) is 0 Å². The average Bonchev–Trinajstić information content (AvgIpc) is 2.93. The van der Waals surface area contributed by atoms with E-state index in [1.54, 1.807) is 24.5 Å². The highest BCUT2D eigenvalue weighted by atomic mass is 32.1. The summed E-state index contributed by atoms with van der Waals surface area (Å²) in [5.74, 6) is 6.19. The van der Waals surface area contributed by atoms with Gasteiger partial charge in [-0.2, -0.15) is 0 Å². The van der Waals surface area contributed by atoms with Gasteiger partial charge in [-0.1, -0.05) is 20.8 Å². The summed E-state index contributed by atoms with van der Waals surface area (Å²) in [5, 5.41) is 3.13. The summed E-state index contributed by atoms with van der Waals surface area (Å²) in [7, 11) is 1.58. The van der Waals surface area contributed by atoms with Gasteiger partial charge in [-0.15, -0.1) is 11.3 Å². The summed E-state index contributed by atoms with van der Waals surface area (Å²) >= 11 is 1.64. The Morgan fingerprint density at radius 3 is 2.71 bits per heavy atom. The summed E-state index contributed by atoms with van der Waals surface area (Å²) in [6.07, 6.45) is 2.15. The predicted molar refractivity (Wildman–Crippen MR) is 83.2 cm³/mol. The van der Waals surface area contributed by atoms with Crippen LogP contribution in [0.1, 0.15) is 43.2 Å². The first-order valence-electron chi connectivity index (χ1n) is 6.71. The molecule has 0 fully saturated rings. The summed E-state index contributed by atoms with van der Waals surface area (Å²) in [6, 6.07) is 1.66. The van der Waals surface area contributed by atoms with E-state index < -0.39 is 0 Å². The van der Waals surface area contributed by atoms with Gasteiger partial charge in [0, 0.05) is 23.3 Å². The molecule has 2 aromatic rings. The lowest BCUT2D eigenvalue weighted by molar-refractivity contribution is 0.393. The minimum absolute atomic E-state index is 0.0541. The molecule has 3 N–H and O–H groups in total. The summed E-state index contributed by atoms with van der Waals surface area (Å²) < 4.78 is 5.12. The normalized spacial score (nSPS) is 13.2. The maximum absolute atomic E-state index is 5.66. The Kier molecular flexibility index (Phi) is 4.87. The largest absolute Gasteiger partial charge is 0.481 e. The number of ether oxygens (including phenoxy) is 1. The zero-order chi connectivity index (χ0) is 15.5. The molecule has 2 aromatic heterocycles. The van der Waals surface area contributed by atoms with Crippen LogP contribution in [0.2, 0.25) is 0 Å². The SMILES string of the molecule is COc1cc(C(Cc2nc(C(C)(C)C)cs2)NN)ncn1. The van der Waals surface area contributed by atoms with Crippen LogP contribution in [-0.4, -0.2) is 22.1 Å². The van der Waals surface area contributed by atoms with Crippen molar-refractivity contribution < 1.29 is 4.74 Å². The number of rotatable bonds is 5. The topological polar surface area (TPSA) is 86.0 Å². The first-order chi connectivity index (χ1) is 9.94. The molecule has 2 heterocycles. The molecule has 0 amide bonds. The molecule has 0 spiro atoms. The lowest BCUT2D eigenvalue weighted by Gasteiger charge is -2.15. The molecule has 0 aliphatic carbocycles. The number of nitrogens with one attached hydrogen (secondary N) is 1. The van der Waals surface area contributed by atoms with Crippen LogP contribution in [0.25, 0.3) is 0 Å². The number of hydrazine groups is 1. The van der Waals surface area contributed by atoms with Gasteiger partial charge in [0.1, 0.15) is 6.33 Å². The molecule has 7 heteroatoms. The Morgan fingerprint density at radius 1 is 1.38 bits per heavy atom. The van der Waals surface area contributed by atoms with E-state index in [9.17, 15) is 0 Å². The van der Waals surface area contributed by atoms with Gasteiger partial charge in [0.25, 0.3) is 0 Å². The Morgan fingerprint density at radius 2 is 2.14 bits per heavy atom. The summed E-state index contributed by atoms with van der Waals surface area (Å²) in [6.45, 7) is 6.46. The molecule has 0 aliphatic rings. The lowest BCUT2D eigenvalue weighted by atomic mass is 9.93. The van der Waals surface area contributed by atoms with Crippen molar-refractivity contribution in [3.8, 4) is 5.88 Å². The van der Waals surface area contributed by atoms with E-state index in [-0.39, 0.29) is 11.5 Å². The Hall–Kier alpha value is -1.57. The third-order valence-corrected chi connectivity index (χ3v) is 4.00. The summed E-state index contributed by atoms with van der Waals surface area (Å²) in [5.41, 5.74) is 4.73. The first kappa shape index (κ1) is 15.8. The van der Waals surface area contributed by atoms with Gasteiger partial charge in [0.15, 0.2) is 0 Å². The Bertz CT molecular complexity index is 593. The van der Waals surface area contributed by atoms with Gasteiger partial charge in [0.05, 0.1) is 29.5 Å². The van der Waals surface area contributed by atoms with Crippen LogP contribution in [0.15, 0.2) is 17.8 Å². The van der Waals surface area contributed by atoms with Crippen molar-refractivity contribution in [2.45, 2.75) is 38.6 Å². The highest BCUT2D eigenvalue weighted by Gasteiger charge is 2.20. The number of aromatic nitrogens is 3. The van der Waals surface area contributed by atoms with Crippen LogP contribution in [0, 0.1) is 0 Å². The monoisotopic (exact) mass is 307 g/mol. The van der Waals surface area contributed by atoms with E-state index in [4.69, 9.17) is 10.6 Å². The second kappa shape index (κ2) is 6.46. The Labute approximate surface area is 128 Å². The molecule has 0 aromatic carbocycles. The maximum atomic E-state index is 5.66. The number of methoxy groups -OCH3 is 1. The molecule has 2 rings (SSSR count). The predicted octanol–water partition coefficient (Wildman–Crippen LogP) is 1.99. The fourth-order valence-electron chi connectivity index (χ4n) is 1.83. The van der Waals surface area contributed by atoms with Crippen LogP contribution in [0.5, 0.6) is 5.88 Å². The van der Waals surface area contributed by atoms with Crippen LogP contribution in [0.3, 0.4) is 0 Å². The third-order valence-electron chi connectivity index (χ3n) is 3.13. The minimum Gasteiger partial charge on any atom is -0.481 e.